The van der Waals surface area contributed by atoms with Crippen LogP contribution in [0.4, 0.5) is 0 Å². The highest BCUT2D eigenvalue weighted by molar-refractivity contribution is 6.32. The Labute approximate surface area is 113 Å². The first-order valence-corrected chi connectivity index (χ1v) is 6.34. The van der Waals surface area contributed by atoms with E-state index in [1.165, 1.54) is 0 Å². The van der Waals surface area contributed by atoms with E-state index in [4.69, 9.17) is 27.9 Å². The molecule has 1 aromatic carbocycles. The zero-order chi connectivity index (χ0) is 12.7. The quantitative estimate of drug-likeness (QED) is 0.759. The summed E-state index contributed by atoms with van der Waals surface area (Å²) in [5, 5.41) is 4.36. The van der Waals surface area contributed by atoms with Gasteiger partial charge in [0.15, 0.2) is 0 Å². The Morgan fingerprint density at radius 3 is 2.82 bits per heavy atom. The Hall–Kier alpha value is -0.700. The van der Waals surface area contributed by atoms with Gasteiger partial charge in [-0.3, -0.25) is 0 Å². The number of nitrogens with one attached hydrogen (secondary N) is 1. The van der Waals surface area contributed by atoms with Crippen molar-refractivity contribution in [3.63, 3.8) is 0 Å². The average molecular weight is 274 g/mol. The highest BCUT2D eigenvalue weighted by atomic mass is 35.5. The number of rotatable bonds is 7. The molecule has 0 unspecified atom stereocenters. The number of ether oxygens (including phenoxy) is 1. The Balaban J connectivity index is 2.56. The summed E-state index contributed by atoms with van der Waals surface area (Å²) < 4.78 is 5.40. The normalized spacial score (nSPS) is 10.3. The highest BCUT2D eigenvalue weighted by Crippen LogP contribution is 2.26. The van der Waals surface area contributed by atoms with E-state index in [1.54, 1.807) is 0 Å². The molecule has 17 heavy (non-hydrogen) atoms. The van der Waals surface area contributed by atoms with Crippen LogP contribution in [-0.4, -0.2) is 13.2 Å². The molecule has 0 aliphatic rings. The number of benzene rings is 1. The molecular formula is C13H17Cl2NO. The number of hydrogen-bond acceptors (Lipinski definition) is 2. The van der Waals surface area contributed by atoms with Crippen molar-refractivity contribution < 1.29 is 4.74 Å². The van der Waals surface area contributed by atoms with Crippen LogP contribution in [-0.2, 0) is 6.54 Å². The fraction of sp³-hybridized carbons (Fsp3) is 0.385. The van der Waals surface area contributed by atoms with Gasteiger partial charge in [-0.2, -0.15) is 0 Å². The van der Waals surface area contributed by atoms with E-state index < -0.39 is 0 Å². The van der Waals surface area contributed by atoms with Crippen LogP contribution in [0.5, 0.6) is 5.75 Å². The minimum Gasteiger partial charge on any atom is -0.486 e. The third-order valence-corrected chi connectivity index (χ3v) is 2.54. The van der Waals surface area contributed by atoms with Gasteiger partial charge in [0.1, 0.15) is 12.4 Å². The van der Waals surface area contributed by atoms with Crippen molar-refractivity contribution >= 4 is 23.2 Å². The summed E-state index contributed by atoms with van der Waals surface area (Å²) in [4.78, 5) is 0. The molecule has 2 nitrogen and oxygen atoms in total. The second-order valence-electron chi connectivity index (χ2n) is 3.75. The van der Waals surface area contributed by atoms with Crippen molar-refractivity contribution in [2.75, 3.05) is 13.2 Å². The van der Waals surface area contributed by atoms with Crippen LogP contribution < -0.4 is 10.1 Å². The molecule has 0 radical (unpaired) electrons. The maximum atomic E-state index is 6.10. The molecule has 0 aromatic heterocycles. The van der Waals surface area contributed by atoms with Crippen molar-refractivity contribution in [1.29, 1.82) is 0 Å². The topological polar surface area (TPSA) is 21.3 Å². The first-order chi connectivity index (χ1) is 8.13. The Morgan fingerprint density at radius 2 is 2.24 bits per heavy atom. The van der Waals surface area contributed by atoms with Crippen LogP contribution in [0, 0.1) is 0 Å². The lowest BCUT2D eigenvalue weighted by atomic mass is 10.2. The molecule has 0 spiro atoms. The van der Waals surface area contributed by atoms with E-state index in [9.17, 15) is 0 Å². The first kappa shape index (κ1) is 14.4. The molecule has 1 rings (SSSR count). The lowest BCUT2D eigenvalue weighted by molar-refractivity contribution is 0.359. The molecule has 0 saturated carbocycles. The zero-order valence-corrected chi connectivity index (χ0v) is 11.4. The van der Waals surface area contributed by atoms with Crippen molar-refractivity contribution in [1.82, 2.24) is 5.32 Å². The molecular weight excluding hydrogens is 257 g/mol. The summed E-state index contributed by atoms with van der Waals surface area (Å²) in [5.74, 6) is 0.632. The fourth-order valence-corrected chi connectivity index (χ4v) is 1.65. The predicted octanol–water partition coefficient (Wildman–Crippen LogP) is 3.97. The van der Waals surface area contributed by atoms with E-state index in [2.05, 4.69) is 18.8 Å². The second kappa shape index (κ2) is 7.59. The van der Waals surface area contributed by atoms with Crippen molar-refractivity contribution in [2.24, 2.45) is 0 Å². The third-order valence-electron chi connectivity index (χ3n) is 2.14. The molecule has 94 valence electrons. The van der Waals surface area contributed by atoms with E-state index in [0.29, 0.717) is 15.8 Å². The summed E-state index contributed by atoms with van der Waals surface area (Å²) in [6.07, 6.45) is 1.12. The van der Waals surface area contributed by atoms with Gasteiger partial charge in [0.05, 0.1) is 5.02 Å². The molecule has 0 aliphatic carbocycles. The lowest BCUT2D eigenvalue weighted by Crippen LogP contribution is -2.13. The fourth-order valence-electron chi connectivity index (χ4n) is 1.34. The van der Waals surface area contributed by atoms with Crippen LogP contribution in [0.1, 0.15) is 18.9 Å². The van der Waals surface area contributed by atoms with Gasteiger partial charge >= 0.3 is 0 Å². The van der Waals surface area contributed by atoms with Crippen molar-refractivity contribution in [3.8, 4) is 5.75 Å². The molecule has 0 bridgehead atoms. The highest BCUT2D eigenvalue weighted by Gasteiger charge is 2.03. The lowest BCUT2D eigenvalue weighted by Gasteiger charge is -2.09. The van der Waals surface area contributed by atoms with E-state index in [1.807, 2.05) is 18.2 Å². The molecule has 1 aromatic rings. The van der Waals surface area contributed by atoms with Gasteiger partial charge in [-0.25, -0.2) is 0 Å². The van der Waals surface area contributed by atoms with Crippen LogP contribution in [0.3, 0.4) is 0 Å². The Morgan fingerprint density at radius 1 is 1.47 bits per heavy atom. The monoisotopic (exact) mass is 273 g/mol. The van der Waals surface area contributed by atoms with Gasteiger partial charge in [0, 0.05) is 11.6 Å². The zero-order valence-electron chi connectivity index (χ0n) is 9.93. The predicted molar refractivity (Wildman–Crippen MR) is 73.9 cm³/mol. The smallest absolute Gasteiger partial charge is 0.138 e. The summed E-state index contributed by atoms with van der Waals surface area (Å²) >= 11 is 11.7. The third kappa shape index (κ3) is 5.44. The van der Waals surface area contributed by atoms with Gasteiger partial charge in [-0.05, 0) is 30.7 Å². The van der Waals surface area contributed by atoms with Crippen molar-refractivity contribution in [3.05, 3.63) is 40.4 Å². The van der Waals surface area contributed by atoms with E-state index in [0.717, 1.165) is 25.1 Å². The van der Waals surface area contributed by atoms with Gasteiger partial charge in [0.2, 0.25) is 0 Å². The molecule has 1 N–H and O–H groups in total. The molecule has 0 fully saturated rings. The maximum Gasteiger partial charge on any atom is 0.138 e. The van der Waals surface area contributed by atoms with Crippen LogP contribution >= 0.6 is 23.2 Å². The maximum absolute atomic E-state index is 6.10. The standard InChI is InChI=1S/C13H17Cl2NO/c1-3-6-16-8-11-4-5-13(12(15)7-11)17-9-10(2)14/h4-5,7,16H,2-3,6,8-9H2,1H3. The SMILES string of the molecule is C=C(Cl)COc1ccc(CNCCC)cc1Cl. The van der Waals surface area contributed by atoms with E-state index >= 15 is 0 Å². The van der Waals surface area contributed by atoms with Crippen LogP contribution in [0.25, 0.3) is 0 Å². The summed E-state index contributed by atoms with van der Waals surface area (Å²) in [6, 6.07) is 5.74. The molecule has 0 amide bonds. The molecule has 4 heteroatoms. The molecule has 0 atom stereocenters. The number of halogens is 2. The summed E-state index contributed by atoms with van der Waals surface area (Å²) in [5.41, 5.74) is 1.14. The van der Waals surface area contributed by atoms with Crippen LogP contribution in [0.15, 0.2) is 29.8 Å². The van der Waals surface area contributed by atoms with E-state index in [-0.39, 0.29) is 6.61 Å². The summed E-state index contributed by atoms with van der Waals surface area (Å²) in [6.45, 7) is 7.78. The minimum absolute atomic E-state index is 0.273. The Kier molecular flexibility index (Phi) is 6.41. The summed E-state index contributed by atoms with van der Waals surface area (Å²) in [7, 11) is 0. The second-order valence-corrected chi connectivity index (χ2v) is 4.69. The van der Waals surface area contributed by atoms with Gasteiger partial charge in [0.25, 0.3) is 0 Å². The molecule has 0 heterocycles. The average Bonchev–Trinajstić information content (AvgIpc) is 2.28. The van der Waals surface area contributed by atoms with Gasteiger partial charge in [-0.1, -0.05) is 42.8 Å². The van der Waals surface area contributed by atoms with Gasteiger partial charge in [-0.15, -0.1) is 0 Å². The Bertz CT molecular complexity index is 380. The molecule has 0 saturated heterocycles. The minimum atomic E-state index is 0.273. The van der Waals surface area contributed by atoms with Gasteiger partial charge < -0.3 is 10.1 Å². The number of hydrogen-bond donors (Lipinski definition) is 1. The largest absolute Gasteiger partial charge is 0.486 e. The molecule has 0 aliphatic heterocycles. The van der Waals surface area contributed by atoms with Crippen molar-refractivity contribution in [2.45, 2.75) is 19.9 Å². The van der Waals surface area contributed by atoms with Crippen LogP contribution in [0.2, 0.25) is 5.02 Å². The first-order valence-electron chi connectivity index (χ1n) is 5.58.